The van der Waals surface area contributed by atoms with Gasteiger partial charge in [0.2, 0.25) is 5.95 Å². The molecule has 0 saturated heterocycles. The van der Waals surface area contributed by atoms with Crippen molar-refractivity contribution >= 4 is 91.4 Å². The zero-order valence-corrected chi connectivity index (χ0v) is 27.7. The van der Waals surface area contributed by atoms with Gasteiger partial charge in [-0.25, -0.2) is 4.98 Å². The third-order valence-corrected chi connectivity index (χ3v) is 12.1. The first-order chi connectivity index (χ1) is 25.3. The summed E-state index contributed by atoms with van der Waals surface area (Å²) in [6.45, 7) is 0. The molecule has 0 N–H and O–H groups in total. The average molecular weight is 666 g/mol. The molecule has 7 aromatic carbocycles. The molecule has 0 saturated carbocycles. The quantitative estimate of drug-likeness (QED) is 0.188. The predicted octanol–water partition coefficient (Wildman–Crippen LogP) is 11.8. The van der Waals surface area contributed by atoms with E-state index in [0.29, 0.717) is 17.6 Å². The van der Waals surface area contributed by atoms with E-state index < -0.39 is 0 Å². The second-order valence-electron chi connectivity index (χ2n) is 13.6. The Kier molecular flexibility index (Phi) is 4.70. The lowest BCUT2D eigenvalue weighted by Crippen LogP contribution is -2.06. The van der Waals surface area contributed by atoms with Crippen molar-refractivity contribution in [3.8, 4) is 39.9 Å². The van der Waals surface area contributed by atoms with Crippen molar-refractivity contribution in [3.63, 3.8) is 0 Å². The number of rotatable bonds is 4. The number of hydrogen-bond donors (Lipinski definition) is 0. The molecule has 0 aliphatic carbocycles. The van der Waals surface area contributed by atoms with E-state index in [9.17, 15) is 0 Å². The fourth-order valence-electron chi connectivity index (χ4n) is 8.95. The summed E-state index contributed by atoms with van der Waals surface area (Å²) in [6, 6.07) is 49.8. The molecule has 0 amide bonds. The van der Waals surface area contributed by atoms with E-state index in [1.54, 1.807) is 0 Å². The molecule has 13 aromatic rings. The summed E-state index contributed by atoms with van der Waals surface area (Å²) in [5.41, 5.74) is 10.3. The van der Waals surface area contributed by atoms with Gasteiger partial charge in [-0.2, -0.15) is 9.97 Å². The van der Waals surface area contributed by atoms with E-state index in [-0.39, 0.29) is 0 Å². The van der Waals surface area contributed by atoms with Crippen molar-refractivity contribution < 1.29 is 0 Å². The van der Waals surface area contributed by atoms with E-state index in [0.717, 1.165) is 33.3 Å². The van der Waals surface area contributed by atoms with Gasteiger partial charge in [0.15, 0.2) is 11.6 Å². The van der Waals surface area contributed by atoms with Gasteiger partial charge in [-0.15, -0.1) is 11.3 Å². The number of para-hydroxylation sites is 1. The lowest BCUT2D eigenvalue weighted by molar-refractivity contribution is 0.954. The largest absolute Gasteiger partial charge is 0.307 e. The number of benzene rings is 7. The minimum Gasteiger partial charge on any atom is -0.307 e. The summed E-state index contributed by atoms with van der Waals surface area (Å²) in [7, 11) is 0. The van der Waals surface area contributed by atoms with Gasteiger partial charge in [-0.05, 0) is 41.5 Å². The van der Waals surface area contributed by atoms with Crippen LogP contribution in [-0.2, 0) is 0 Å². The first kappa shape index (κ1) is 26.3. The molecular weight excluding hydrogens is 643 g/mol. The molecule has 0 fully saturated rings. The minimum absolute atomic E-state index is 0.613. The van der Waals surface area contributed by atoms with Gasteiger partial charge in [0.25, 0.3) is 0 Å². The second-order valence-corrected chi connectivity index (χ2v) is 14.7. The van der Waals surface area contributed by atoms with Crippen LogP contribution in [0.4, 0.5) is 0 Å². The third-order valence-electron chi connectivity index (χ3n) is 11.0. The van der Waals surface area contributed by atoms with Crippen molar-refractivity contribution in [2.24, 2.45) is 0 Å². The molecule has 13 rings (SSSR count). The predicted molar refractivity (Wildman–Crippen MR) is 212 cm³/mol. The van der Waals surface area contributed by atoms with Crippen molar-refractivity contribution in [1.82, 2.24) is 23.9 Å². The molecule has 6 aromatic heterocycles. The lowest BCUT2D eigenvalue weighted by atomic mass is 10.0. The summed E-state index contributed by atoms with van der Waals surface area (Å²) in [5.74, 6) is 1.90. The van der Waals surface area contributed by atoms with E-state index in [1.807, 2.05) is 35.6 Å². The first-order valence-corrected chi connectivity index (χ1v) is 18.0. The van der Waals surface area contributed by atoms with E-state index >= 15 is 0 Å². The molecule has 0 aliphatic heterocycles. The van der Waals surface area contributed by atoms with Crippen LogP contribution in [0.15, 0.2) is 140 Å². The molecule has 51 heavy (non-hydrogen) atoms. The Hall–Kier alpha value is -6.63. The van der Waals surface area contributed by atoms with Crippen LogP contribution in [0.5, 0.6) is 0 Å². The molecule has 5 nitrogen and oxygen atoms in total. The Bertz CT molecular complexity index is 3460. The van der Waals surface area contributed by atoms with Crippen LogP contribution in [-0.4, -0.2) is 23.9 Å². The van der Waals surface area contributed by atoms with Gasteiger partial charge in [-0.1, -0.05) is 109 Å². The van der Waals surface area contributed by atoms with Crippen LogP contribution >= 0.6 is 11.3 Å². The number of thiophene rings is 1. The number of nitrogens with zero attached hydrogens (tertiary/aromatic N) is 5. The highest BCUT2D eigenvalue weighted by Crippen LogP contribution is 2.53. The van der Waals surface area contributed by atoms with Crippen molar-refractivity contribution in [2.75, 3.05) is 0 Å². The highest BCUT2D eigenvalue weighted by Gasteiger charge is 2.29. The monoisotopic (exact) mass is 665 g/mol. The van der Waals surface area contributed by atoms with Gasteiger partial charge in [0.05, 0.1) is 27.6 Å². The molecule has 6 heterocycles. The maximum absolute atomic E-state index is 5.32. The smallest absolute Gasteiger partial charge is 0.238 e. The summed E-state index contributed by atoms with van der Waals surface area (Å²) in [4.78, 5) is 15.7. The highest BCUT2D eigenvalue weighted by molar-refractivity contribution is 7.26. The van der Waals surface area contributed by atoms with Gasteiger partial charge in [0, 0.05) is 63.6 Å². The standard InChI is InChI=1S/C45H23N5S/c1-3-9-24(10-4-1)26-13-7-14-27(23-26)44-46-43(25-11-5-2-6-12-25)47-45(48-44)49-32-20-22-34-38-36(32)37-33(49)19-17-30-28-15-8-16-29-31-18-21-35(51-34)39(38)42(31)50(40(28)29)41(30)37/h1-23H. The molecular formula is C45H23N5S. The Labute approximate surface area is 293 Å². The molecule has 234 valence electrons. The molecule has 0 spiro atoms. The normalized spacial score (nSPS) is 12.7. The molecule has 0 unspecified atom stereocenters. The van der Waals surface area contributed by atoms with Crippen LogP contribution in [0.3, 0.4) is 0 Å². The van der Waals surface area contributed by atoms with E-state index in [4.69, 9.17) is 15.0 Å². The summed E-state index contributed by atoms with van der Waals surface area (Å²) >= 11 is 1.89. The molecule has 6 heteroatoms. The van der Waals surface area contributed by atoms with Crippen molar-refractivity contribution in [2.45, 2.75) is 0 Å². The Morgan fingerprint density at radius 3 is 1.76 bits per heavy atom. The highest BCUT2D eigenvalue weighted by atomic mass is 32.1. The Morgan fingerprint density at radius 1 is 0.392 bits per heavy atom. The van der Waals surface area contributed by atoms with Gasteiger partial charge in [0.1, 0.15) is 0 Å². The maximum Gasteiger partial charge on any atom is 0.238 e. The Balaban J connectivity index is 1.19. The summed E-state index contributed by atoms with van der Waals surface area (Å²) in [5, 5.41) is 10.4. The summed E-state index contributed by atoms with van der Waals surface area (Å²) < 4.78 is 7.47. The topological polar surface area (TPSA) is 48.0 Å². The van der Waals surface area contributed by atoms with Gasteiger partial charge < -0.3 is 4.40 Å². The number of aromatic nitrogens is 5. The number of hydrogen-bond acceptors (Lipinski definition) is 4. The SMILES string of the molecule is c1ccc(-c2cccc(-c3nc(-c4ccccc4)nc(-n4c5ccc6sc7ccc8c9cccc%10c%11ccc4c4c5c6c7c8n(c9%10)c%114)n3)c2)cc1. The fraction of sp³-hybridized carbons (Fsp3) is 0. The third kappa shape index (κ3) is 3.20. The van der Waals surface area contributed by atoms with Crippen LogP contribution in [0.25, 0.3) is 120 Å². The van der Waals surface area contributed by atoms with Gasteiger partial charge >= 0.3 is 0 Å². The van der Waals surface area contributed by atoms with Crippen molar-refractivity contribution in [3.05, 3.63) is 140 Å². The van der Waals surface area contributed by atoms with Crippen LogP contribution < -0.4 is 0 Å². The summed E-state index contributed by atoms with van der Waals surface area (Å²) in [6.07, 6.45) is 0. The molecule has 0 aliphatic rings. The average Bonchev–Trinajstić information content (AvgIpc) is 3.91. The minimum atomic E-state index is 0.613. The zero-order chi connectivity index (χ0) is 32.9. The number of fused-ring (bicyclic) bond motifs is 2. The first-order valence-electron chi connectivity index (χ1n) is 17.2. The molecule has 0 atom stereocenters. The van der Waals surface area contributed by atoms with E-state index in [1.165, 1.54) is 69.0 Å². The second kappa shape index (κ2) is 9.13. The van der Waals surface area contributed by atoms with Gasteiger partial charge in [-0.3, -0.25) is 4.57 Å². The zero-order valence-electron chi connectivity index (χ0n) is 26.9. The lowest BCUT2D eigenvalue weighted by Gasteiger charge is -2.12. The van der Waals surface area contributed by atoms with Crippen LogP contribution in [0.2, 0.25) is 0 Å². The molecule has 0 radical (unpaired) electrons. The van der Waals surface area contributed by atoms with E-state index in [2.05, 4.69) is 124 Å². The van der Waals surface area contributed by atoms with Crippen LogP contribution in [0.1, 0.15) is 0 Å². The van der Waals surface area contributed by atoms with Crippen molar-refractivity contribution in [1.29, 1.82) is 0 Å². The maximum atomic E-state index is 5.32. The fourth-order valence-corrected chi connectivity index (χ4v) is 10.1. The Morgan fingerprint density at radius 2 is 0.961 bits per heavy atom. The molecule has 0 bridgehead atoms. The van der Waals surface area contributed by atoms with Crippen LogP contribution in [0, 0.1) is 0 Å².